The lowest BCUT2D eigenvalue weighted by Crippen LogP contribution is -2.35. The third-order valence-electron chi connectivity index (χ3n) is 5.44. The molecule has 2 N–H and O–H groups in total. The van der Waals surface area contributed by atoms with Gasteiger partial charge in [0.2, 0.25) is 11.1 Å². The quantitative estimate of drug-likeness (QED) is 0.582. The van der Waals surface area contributed by atoms with E-state index in [1.807, 2.05) is 25.1 Å². The van der Waals surface area contributed by atoms with Crippen molar-refractivity contribution in [2.75, 3.05) is 0 Å². The van der Waals surface area contributed by atoms with Gasteiger partial charge >= 0.3 is 0 Å². The smallest absolute Gasteiger partial charge is 0.233 e. The number of aromatic nitrogens is 3. The van der Waals surface area contributed by atoms with Gasteiger partial charge in [-0.25, -0.2) is 4.98 Å². The summed E-state index contributed by atoms with van der Waals surface area (Å²) in [6.07, 6.45) is 4.19. The summed E-state index contributed by atoms with van der Waals surface area (Å²) < 4.78 is 0. The molecule has 1 heterocycles. The van der Waals surface area contributed by atoms with Crippen LogP contribution in [-0.4, -0.2) is 26.3 Å². The third-order valence-corrected chi connectivity index (χ3v) is 6.40. The fraction of sp³-hybridized carbons (Fsp3) is 0.348. The molecule has 0 spiro atoms. The van der Waals surface area contributed by atoms with E-state index in [1.54, 1.807) is 0 Å². The van der Waals surface area contributed by atoms with Crippen LogP contribution in [-0.2, 0) is 17.6 Å². The van der Waals surface area contributed by atoms with Crippen LogP contribution in [0.15, 0.2) is 53.7 Å². The number of hydrogen-bond donors (Lipinski definition) is 2. The van der Waals surface area contributed by atoms with Gasteiger partial charge in [0, 0.05) is 5.56 Å². The fourth-order valence-corrected chi connectivity index (χ4v) is 4.46. The molecule has 2 atom stereocenters. The number of nitrogens with zero attached hydrogens (tertiary/aromatic N) is 2. The molecule has 0 bridgehead atoms. The summed E-state index contributed by atoms with van der Waals surface area (Å²) in [4.78, 5) is 17.3. The molecule has 0 saturated heterocycles. The number of carbonyl (C=O) groups excluding carboxylic acids is 1. The Morgan fingerprint density at radius 2 is 2.03 bits per heavy atom. The molecule has 0 radical (unpaired) electrons. The van der Waals surface area contributed by atoms with Crippen molar-refractivity contribution in [3.05, 3.63) is 65.2 Å². The first kappa shape index (κ1) is 19.7. The average molecular weight is 407 g/mol. The number of H-pyrrole nitrogens is 1. The predicted octanol–water partition coefficient (Wildman–Crippen LogP) is 4.71. The molecule has 5 nitrogen and oxygen atoms in total. The van der Waals surface area contributed by atoms with Crippen LogP contribution in [0.2, 0.25) is 0 Å². The lowest BCUT2D eigenvalue weighted by Gasteiger charge is -2.27. The van der Waals surface area contributed by atoms with Crippen LogP contribution in [0.25, 0.3) is 11.4 Å². The van der Waals surface area contributed by atoms with Crippen molar-refractivity contribution in [3.63, 3.8) is 0 Å². The van der Waals surface area contributed by atoms with Gasteiger partial charge in [0.15, 0.2) is 5.82 Å². The van der Waals surface area contributed by atoms with Crippen molar-refractivity contribution in [2.24, 2.45) is 0 Å². The highest BCUT2D eigenvalue weighted by Gasteiger charge is 2.24. The zero-order chi connectivity index (χ0) is 20.2. The van der Waals surface area contributed by atoms with E-state index in [4.69, 9.17) is 0 Å². The molecular weight excluding hydrogens is 380 g/mol. The Balaban J connectivity index is 1.39. The van der Waals surface area contributed by atoms with Crippen LogP contribution in [0.1, 0.15) is 49.4 Å². The van der Waals surface area contributed by atoms with Crippen LogP contribution < -0.4 is 5.32 Å². The molecule has 0 saturated carbocycles. The van der Waals surface area contributed by atoms with Gasteiger partial charge in [-0.15, -0.1) is 5.10 Å². The van der Waals surface area contributed by atoms with Crippen LogP contribution in [0, 0.1) is 0 Å². The minimum Gasteiger partial charge on any atom is -0.348 e. The van der Waals surface area contributed by atoms with E-state index in [0.29, 0.717) is 5.16 Å². The normalized spacial score (nSPS) is 16.8. The molecule has 0 unspecified atom stereocenters. The number of carbonyl (C=O) groups is 1. The van der Waals surface area contributed by atoms with E-state index in [2.05, 4.69) is 57.8 Å². The molecular formula is C23H26N4OS. The predicted molar refractivity (Wildman–Crippen MR) is 117 cm³/mol. The Kier molecular flexibility index (Phi) is 6.00. The largest absolute Gasteiger partial charge is 0.348 e. The monoisotopic (exact) mass is 406 g/mol. The Morgan fingerprint density at radius 3 is 2.83 bits per heavy atom. The maximum Gasteiger partial charge on any atom is 0.233 e. The maximum absolute atomic E-state index is 12.8. The highest BCUT2D eigenvalue weighted by Crippen LogP contribution is 2.30. The van der Waals surface area contributed by atoms with Gasteiger partial charge < -0.3 is 5.32 Å². The van der Waals surface area contributed by atoms with E-state index < -0.39 is 0 Å². The molecule has 1 aliphatic carbocycles. The number of hydrogen-bond acceptors (Lipinski definition) is 4. The number of fused-ring (bicyclic) bond motifs is 1. The Bertz CT molecular complexity index is 983. The number of benzene rings is 2. The average Bonchev–Trinajstić information content (AvgIpc) is 3.22. The van der Waals surface area contributed by atoms with Gasteiger partial charge in [0.25, 0.3) is 0 Å². The summed E-state index contributed by atoms with van der Waals surface area (Å²) in [5, 5.41) is 10.8. The van der Waals surface area contributed by atoms with Gasteiger partial charge in [-0.1, -0.05) is 67.2 Å². The van der Waals surface area contributed by atoms with Gasteiger partial charge in [0.1, 0.15) is 0 Å². The second-order valence-corrected chi connectivity index (χ2v) is 8.74. The van der Waals surface area contributed by atoms with E-state index in [1.165, 1.54) is 28.5 Å². The number of aromatic amines is 1. The first-order valence-corrected chi connectivity index (χ1v) is 11.1. The zero-order valence-electron chi connectivity index (χ0n) is 16.8. The molecule has 0 aliphatic heterocycles. The fourth-order valence-electron chi connectivity index (χ4n) is 3.73. The van der Waals surface area contributed by atoms with E-state index >= 15 is 0 Å². The van der Waals surface area contributed by atoms with Crippen LogP contribution in [0.4, 0.5) is 0 Å². The Labute approximate surface area is 175 Å². The zero-order valence-corrected chi connectivity index (χ0v) is 17.6. The molecule has 1 amide bonds. The summed E-state index contributed by atoms with van der Waals surface area (Å²) in [6, 6.07) is 16.8. The van der Waals surface area contributed by atoms with Crippen molar-refractivity contribution in [1.82, 2.24) is 20.5 Å². The first-order chi connectivity index (χ1) is 14.1. The second-order valence-electron chi connectivity index (χ2n) is 7.43. The van der Waals surface area contributed by atoms with E-state index in [0.717, 1.165) is 37.1 Å². The van der Waals surface area contributed by atoms with Gasteiger partial charge in [-0.3, -0.25) is 9.89 Å². The van der Waals surface area contributed by atoms with E-state index in [-0.39, 0.29) is 17.2 Å². The first-order valence-electron chi connectivity index (χ1n) is 10.2. The number of aryl methyl sites for hydroxylation is 2. The standard InChI is InChI=1S/C23H26N4OS/c1-3-16-11-13-18(14-12-16)21-25-23(27-26-21)29-15(2)22(28)24-20-10-6-8-17-7-4-5-9-19(17)20/h4-5,7,9,11-15,20H,3,6,8,10H2,1-2H3,(H,24,28)(H,25,26,27)/t15-,20+/m0/s1. The summed E-state index contributed by atoms with van der Waals surface area (Å²) in [5.74, 6) is 0.749. The van der Waals surface area contributed by atoms with Gasteiger partial charge in [-0.2, -0.15) is 0 Å². The molecule has 1 aliphatic rings. The topological polar surface area (TPSA) is 70.7 Å². The minimum atomic E-state index is -0.268. The highest BCUT2D eigenvalue weighted by molar-refractivity contribution is 8.00. The van der Waals surface area contributed by atoms with Crippen LogP contribution in [0.3, 0.4) is 0 Å². The molecule has 0 fully saturated rings. The molecule has 150 valence electrons. The van der Waals surface area contributed by atoms with Gasteiger partial charge in [0.05, 0.1) is 11.3 Å². The summed E-state index contributed by atoms with van der Waals surface area (Å²) in [6.45, 7) is 4.04. The second kappa shape index (κ2) is 8.82. The number of thioether (sulfide) groups is 1. The molecule has 3 aromatic rings. The van der Waals surface area contributed by atoms with Crippen LogP contribution in [0.5, 0.6) is 0 Å². The molecule has 1 aromatic heterocycles. The summed E-state index contributed by atoms with van der Waals surface area (Å²) in [5.41, 5.74) is 4.88. The maximum atomic E-state index is 12.8. The molecule has 4 rings (SSSR count). The van der Waals surface area contributed by atoms with Crippen molar-refractivity contribution in [3.8, 4) is 11.4 Å². The Hall–Kier alpha value is -2.60. The number of amides is 1. The van der Waals surface area contributed by atoms with Crippen molar-refractivity contribution >= 4 is 17.7 Å². The Morgan fingerprint density at radius 1 is 1.24 bits per heavy atom. The highest BCUT2D eigenvalue weighted by atomic mass is 32.2. The molecule has 6 heteroatoms. The van der Waals surface area contributed by atoms with Crippen molar-refractivity contribution < 1.29 is 4.79 Å². The van der Waals surface area contributed by atoms with Crippen molar-refractivity contribution in [1.29, 1.82) is 0 Å². The van der Waals surface area contributed by atoms with Crippen molar-refractivity contribution in [2.45, 2.75) is 56.0 Å². The molecule has 29 heavy (non-hydrogen) atoms. The number of rotatable bonds is 6. The SMILES string of the molecule is CCc1ccc(-c2nc(S[C@@H](C)C(=O)N[C@@H]3CCCc4ccccc43)n[nH]2)cc1. The minimum absolute atomic E-state index is 0.0235. The lowest BCUT2D eigenvalue weighted by molar-refractivity contribution is -0.121. The summed E-state index contributed by atoms with van der Waals surface area (Å²) in [7, 11) is 0. The van der Waals surface area contributed by atoms with E-state index in [9.17, 15) is 4.79 Å². The number of nitrogens with one attached hydrogen (secondary N) is 2. The van der Waals surface area contributed by atoms with Crippen LogP contribution >= 0.6 is 11.8 Å². The third kappa shape index (κ3) is 4.53. The van der Waals surface area contributed by atoms with Gasteiger partial charge in [-0.05, 0) is 49.3 Å². The lowest BCUT2D eigenvalue weighted by atomic mass is 9.88. The molecule has 2 aromatic carbocycles. The summed E-state index contributed by atoms with van der Waals surface area (Å²) >= 11 is 1.38.